The summed E-state index contributed by atoms with van der Waals surface area (Å²) in [6, 6.07) is 0.592. The number of aromatic nitrogens is 3. The van der Waals surface area contributed by atoms with Gasteiger partial charge in [0, 0.05) is 12.6 Å². The molecule has 0 aliphatic heterocycles. The zero-order valence-corrected chi connectivity index (χ0v) is 11.4. The van der Waals surface area contributed by atoms with Gasteiger partial charge in [0.1, 0.15) is 0 Å². The predicted octanol–water partition coefficient (Wildman–Crippen LogP) is 1.03. The first-order valence-electron chi connectivity index (χ1n) is 6.69. The van der Waals surface area contributed by atoms with Gasteiger partial charge in [0.05, 0.1) is 13.2 Å². The van der Waals surface area contributed by atoms with Crippen LogP contribution in [0.1, 0.15) is 32.6 Å². The first kappa shape index (κ1) is 13.8. The molecule has 1 fully saturated rings. The van der Waals surface area contributed by atoms with Crippen LogP contribution in [-0.2, 0) is 0 Å². The monoisotopic (exact) mass is 267 g/mol. The van der Waals surface area contributed by atoms with Gasteiger partial charge in [0.15, 0.2) is 0 Å². The molecular weight excluding hydrogens is 246 g/mol. The molecule has 7 nitrogen and oxygen atoms in total. The zero-order chi connectivity index (χ0) is 13.7. The van der Waals surface area contributed by atoms with Gasteiger partial charge < -0.3 is 20.5 Å². The molecule has 3 N–H and O–H groups in total. The highest BCUT2D eigenvalue weighted by atomic mass is 16.5. The molecule has 1 aliphatic rings. The molecule has 0 amide bonds. The van der Waals surface area contributed by atoms with Crippen molar-refractivity contribution in [2.45, 2.75) is 44.8 Å². The lowest BCUT2D eigenvalue weighted by atomic mass is 9.93. The van der Waals surface area contributed by atoms with Gasteiger partial charge in [-0.2, -0.15) is 15.0 Å². The minimum absolute atomic E-state index is 0.164. The fourth-order valence-electron chi connectivity index (χ4n) is 2.15. The number of methoxy groups -OCH3 is 1. The SMILES string of the molecule is CCNc1nc(NC2CCC(O)CC2)nc(OC)n1. The summed E-state index contributed by atoms with van der Waals surface area (Å²) in [6.45, 7) is 2.72. The molecule has 1 aromatic heterocycles. The Morgan fingerprint density at radius 3 is 2.47 bits per heavy atom. The number of nitrogens with one attached hydrogen (secondary N) is 2. The third-order valence-electron chi connectivity index (χ3n) is 3.16. The molecule has 106 valence electrons. The Labute approximate surface area is 112 Å². The molecular formula is C12H21N5O2. The fourth-order valence-corrected chi connectivity index (χ4v) is 2.15. The molecule has 1 saturated carbocycles. The quantitative estimate of drug-likeness (QED) is 0.733. The van der Waals surface area contributed by atoms with Crippen LogP contribution in [0.3, 0.4) is 0 Å². The van der Waals surface area contributed by atoms with Crippen molar-refractivity contribution in [2.75, 3.05) is 24.3 Å². The third kappa shape index (κ3) is 3.92. The molecule has 1 heterocycles. The number of nitrogens with zero attached hydrogens (tertiary/aromatic N) is 3. The van der Waals surface area contributed by atoms with Crippen LogP contribution in [0.5, 0.6) is 6.01 Å². The molecule has 19 heavy (non-hydrogen) atoms. The van der Waals surface area contributed by atoms with Crippen LogP contribution in [0, 0.1) is 0 Å². The zero-order valence-electron chi connectivity index (χ0n) is 11.4. The largest absolute Gasteiger partial charge is 0.467 e. The highest BCUT2D eigenvalue weighted by Gasteiger charge is 2.20. The molecule has 0 aromatic carbocycles. The first-order valence-corrected chi connectivity index (χ1v) is 6.69. The van der Waals surface area contributed by atoms with Crippen LogP contribution >= 0.6 is 0 Å². The number of hydrogen-bond donors (Lipinski definition) is 3. The van der Waals surface area contributed by atoms with E-state index in [1.54, 1.807) is 0 Å². The maximum absolute atomic E-state index is 9.49. The molecule has 0 bridgehead atoms. The van der Waals surface area contributed by atoms with E-state index < -0.39 is 0 Å². The van der Waals surface area contributed by atoms with E-state index in [1.807, 2.05) is 6.92 Å². The van der Waals surface area contributed by atoms with Gasteiger partial charge in [-0.25, -0.2) is 0 Å². The third-order valence-corrected chi connectivity index (χ3v) is 3.16. The summed E-state index contributed by atoms with van der Waals surface area (Å²) in [5.74, 6) is 1.02. The number of hydrogen-bond acceptors (Lipinski definition) is 7. The van der Waals surface area contributed by atoms with Gasteiger partial charge in [-0.3, -0.25) is 0 Å². The summed E-state index contributed by atoms with van der Waals surface area (Å²) < 4.78 is 5.07. The molecule has 0 radical (unpaired) electrons. The number of anilines is 2. The van der Waals surface area contributed by atoms with Crippen LogP contribution < -0.4 is 15.4 Å². The van der Waals surface area contributed by atoms with Crippen LogP contribution in [0.15, 0.2) is 0 Å². The van der Waals surface area contributed by atoms with Crippen molar-refractivity contribution in [3.63, 3.8) is 0 Å². The Balaban J connectivity index is 2.04. The van der Waals surface area contributed by atoms with E-state index in [9.17, 15) is 5.11 Å². The molecule has 0 spiro atoms. The lowest BCUT2D eigenvalue weighted by Crippen LogP contribution is -2.29. The Bertz CT molecular complexity index is 407. The molecule has 0 atom stereocenters. The lowest BCUT2D eigenvalue weighted by Gasteiger charge is -2.26. The molecule has 1 aliphatic carbocycles. The van der Waals surface area contributed by atoms with E-state index in [1.165, 1.54) is 7.11 Å². The van der Waals surface area contributed by atoms with E-state index in [2.05, 4.69) is 25.6 Å². The Kier molecular flexibility index (Phi) is 4.73. The summed E-state index contributed by atoms with van der Waals surface area (Å²) in [4.78, 5) is 12.6. The van der Waals surface area contributed by atoms with Crippen LogP contribution in [-0.4, -0.2) is 45.9 Å². The summed E-state index contributed by atoms with van der Waals surface area (Å²) in [6.07, 6.45) is 3.32. The van der Waals surface area contributed by atoms with E-state index in [4.69, 9.17) is 4.74 Å². The van der Waals surface area contributed by atoms with Crippen molar-refractivity contribution in [1.82, 2.24) is 15.0 Å². The average Bonchev–Trinajstić information content (AvgIpc) is 2.41. The number of rotatable bonds is 5. The highest BCUT2D eigenvalue weighted by molar-refractivity contribution is 5.36. The Morgan fingerprint density at radius 2 is 1.84 bits per heavy atom. The number of aliphatic hydroxyl groups is 1. The van der Waals surface area contributed by atoms with Crippen molar-refractivity contribution in [3.8, 4) is 6.01 Å². The van der Waals surface area contributed by atoms with Crippen molar-refractivity contribution in [1.29, 1.82) is 0 Å². The Morgan fingerprint density at radius 1 is 1.16 bits per heavy atom. The van der Waals surface area contributed by atoms with E-state index in [-0.39, 0.29) is 6.10 Å². The van der Waals surface area contributed by atoms with Crippen molar-refractivity contribution in [3.05, 3.63) is 0 Å². The molecule has 7 heteroatoms. The first-order chi connectivity index (χ1) is 9.21. The van der Waals surface area contributed by atoms with Gasteiger partial charge in [-0.15, -0.1) is 0 Å². The van der Waals surface area contributed by atoms with Gasteiger partial charge in [0.2, 0.25) is 11.9 Å². The lowest BCUT2D eigenvalue weighted by molar-refractivity contribution is 0.126. The predicted molar refractivity (Wildman–Crippen MR) is 72.4 cm³/mol. The van der Waals surface area contributed by atoms with Crippen molar-refractivity contribution < 1.29 is 9.84 Å². The number of aliphatic hydroxyl groups excluding tert-OH is 1. The normalized spacial score (nSPS) is 22.9. The van der Waals surface area contributed by atoms with Gasteiger partial charge in [-0.1, -0.05) is 0 Å². The van der Waals surface area contributed by atoms with E-state index in [0.29, 0.717) is 23.9 Å². The maximum Gasteiger partial charge on any atom is 0.322 e. The van der Waals surface area contributed by atoms with E-state index >= 15 is 0 Å². The molecule has 0 unspecified atom stereocenters. The van der Waals surface area contributed by atoms with Gasteiger partial charge in [0.25, 0.3) is 0 Å². The smallest absolute Gasteiger partial charge is 0.322 e. The van der Waals surface area contributed by atoms with Crippen LogP contribution in [0.2, 0.25) is 0 Å². The highest BCUT2D eigenvalue weighted by Crippen LogP contribution is 2.21. The average molecular weight is 267 g/mol. The van der Waals surface area contributed by atoms with E-state index in [0.717, 1.165) is 32.2 Å². The number of ether oxygens (including phenoxy) is 1. The van der Waals surface area contributed by atoms with Crippen molar-refractivity contribution in [2.24, 2.45) is 0 Å². The maximum atomic E-state index is 9.49. The fraction of sp³-hybridized carbons (Fsp3) is 0.750. The topological polar surface area (TPSA) is 92.2 Å². The van der Waals surface area contributed by atoms with Crippen LogP contribution in [0.4, 0.5) is 11.9 Å². The second-order valence-corrected chi connectivity index (χ2v) is 4.65. The molecule has 2 rings (SSSR count). The summed E-state index contributed by atoms with van der Waals surface area (Å²) in [7, 11) is 1.53. The standard InChI is InChI=1S/C12H21N5O2/c1-3-13-10-15-11(17-12(16-10)19-2)14-8-4-6-9(18)7-5-8/h8-9,18H,3-7H2,1-2H3,(H2,13,14,15,16,17). The summed E-state index contributed by atoms with van der Waals surface area (Å²) in [5, 5.41) is 15.8. The second kappa shape index (κ2) is 6.51. The minimum atomic E-state index is -0.164. The molecule has 1 aromatic rings. The Hall–Kier alpha value is -1.63. The second-order valence-electron chi connectivity index (χ2n) is 4.65. The summed E-state index contributed by atoms with van der Waals surface area (Å²) >= 11 is 0. The van der Waals surface area contributed by atoms with Crippen LogP contribution in [0.25, 0.3) is 0 Å². The van der Waals surface area contributed by atoms with Gasteiger partial charge >= 0.3 is 6.01 Å². The van der Waals surface area contributed by atoms with Crippen molar-refractivity contribution >= 4 is 11.9 Å². The summed E-state index contributed by atoms with van der Waals surface area (Å²) in [5.41, 5.74) is 0. The minimum Gasteiger partial charge on any atom is -0.467 e. The molecule has 0 saturated heterocycles. The van der Waals surface area contributed by atoms with Gasteiger partial charge in [-0.05, 0) is 32.6 Å².